The van der Waals surface area contributed by atoms with Crippen LogP contribution in [0.25, 0.3) is 10.8 Å². The molecule has 0 aliphatic rings. The quantitative estimate of drug-likeness (QED) is 0.750. The Balaban J connectivity index is 0.00000128. The van der Waals surface area contributed by atoms with Crippen molar-refractivity contribution in [3.05, 3.63) is 48.0 Å². The molecule has 0 unspecified atom stereocenters. The third-order valence-electron chi connectivity index (χ3n) is 2.39. The van der Waals surface area contributed by atoms with Crippen LogP contribution in [0.1, 0.15) is 5.56 Å². The van der Waals surface area contributed by atoms with Gasteiger partial charge in [-0.2, -0.15) is 0 Å². The third kappa shape index (κ3) is 2.74. The second kappa shape index (κ2) is 5.52. The molecular weight excluding hydrogens is 224 g/mol. The number of hydrogen-bond acceptors (Lipinski definition) is 2. The number of ether oxygens (including phenoxy) is 1. The topological polar surface area (TPSA) is 26.3 Å². The van der Waals surface area contributed by atoms with Crippen molar-refractivity contribution in [2.45, 2.75) is 6.42 Å². The van der Waals surface area contributed by atoms with Gasteiger partial charge in [0.2, 0.25) is 0 Å². The number of rotatable bonds is 2. The lowest BCUT2D eigenvalue weighted by Crippen LogP contribution is -2.04. The second-order valence-electron chi connectivity index (χ2n) is 3.43. The van der Waals surface area contributed by atoms with E-state index in [1.807, 2.05) is 36.4 Å². The maximum absolute atomic E-state index is 11.1. The van der Waals surface area contributed by atoms with Crippen molar-refractivity contribution in [3.8, 4) is 0 Å². The highest BCUT2D eigenvalue weighted by Crippen LogP contribution is 2.15. The first-order valence-electron chi connectivity index (χ1n) is 4.84. The predicted octanol–water partition coefficient (Wildman–Crippen LogP) is 2.98. The number of benzene rings is 2. The molecule has 2 aromatic carbocycles. The molecule has 3 heteroatoms. The summed E-state index contributed by atoms with van der Waals surface area (Å²) in [6.45, 7) is 0. The highest BCUT2D eigenvalue weighted by molar-refractivity contribution is 5.85. The molecule has 2 aromatic rings. The number of carbonyl (C=O) groups is 1. The van der Waals surface area contributed by atoms with E-state index >= 15 is 0 Å². The fourth-order valence-electron chi connectivity index (χ4n) is 1.59. The van der Waals surface area contributed by atoms with Crippen LogP contribution in [0.5, 0.6) is 0 Å². The van der Waals surface area contributed by atoms with E-state index in [0.717, 1.165) is 10.9 Å². The third-order valence-corrected chi connectivity index (χ3v) is 2.39. The summed E-state index contributed by atoms with van der Waals surface area (Å²) in [6, 6.07) is 14.1. The Labute approximate surface area is 101 Å². The minimum atomic E-state index is -0.203. The van der Waals surface area contributed by atoms with Gasteiger partial charge < -0.3 is 4.74 Å². The molecule has 16 heavy (non-hydrogen) atoms. The van der Waals surface area contributed by atoms with Crippen LogP contribution >= 0.6 is 12.4 Å². The van der Waals surface area contributed by atoms with Gasteiger partial charge >= 0.3 is 5.97 Å². The van der Waals surface area contributed by atoms with Crippen molar-refractivity contribution in [1.29, 1.82) is 0 Å². The maximum atomic E-state index is 11.1. The molecule has 0 aliphatic heterocycles. The largest absolute Gasteiger partial charge is 0.469 e. The fraction of sp³-hybridized carbons (Fsp3) is 0.154. The van der Waals surface area contributed by atoms with Crippen LogP contribution in [-0.2, 0) is 16.0 Å². The first-order chi connectivity index (χ1) is 7.29. The lowest BCUT2D eigenvalue weighted by molar-refractivity contribution is -0.139. The molecule has 2 nitrogen and oxygen atoms in total. The Hall–Kier alpha value is -1.54. The first-order valence-corrected chi connectivity index (χ1v) is 4.84. The number of methoxy groups -OCH3 is 1. The molecule has 0 atom stereocenters. The number of esters is 1. The molecule has 0 bridgehead atoms. The van der Waals surface area contributed by atoms with Crippen molar-refractivity contribution in [3.63, 3.8) is 0 Å². The fourth-order valence-corrected chi connectivity index (χ4v) is 1.59. The van der Waals surface area contributed by atoms with Crippen LogP contribution in [0.4, 0.5) is 0 Å². The number of hydrogen-bond donors (Lipinski definition) is 0. The number of halogens is 1. The molecule has 0 aromatic heterocycles. The Morgan fingerprint density at radius 1 is 1.12 bits per heavy atom. The van der Waals surface area contributed by atoms with Gasteiger partial charge in [0.1, 0.15) is 0 Å². The van der Waals surface area contributed by atoms with Gasteiger partial charge in [-0.3, -0.25) is 4.79 Å². The Bertz CT molecular complexity index is 494. The van der Waals surface area contributed by atoms with Gasteiger partial charge in [-0.25, -0.2) is 0 Å². The zero-order valence-corrected chi connectivity index (χ0v) is 9.79. The highest BCUT2D eigenvalue weighted by atomic mass is 35.5. The molecule has 0 aliphatic carbocycles. The van der Waals surface area contributed by atoms with E-state index in [9.17, 15) is 4.79 Å². The number of carbonyl (C=O) groups excluding carboxylic acids is 1. The van der Waals surface area contributed by atoms with Crippen molar-refractivity contribution >= 4 is 29.1 Å². The predicted molar refractivity (Wildman–Crippen MR) is 66.9 cm³/mol. The maximum Gasteiger partial charge on any atom is 0.309 e. The molecule has 0 saturated carbocycles. The average Bonchev–Trinajstić information content (AvgIpc) is 2.29. The van der Waals surface area contributed by atoms with E-state index in [-0.39, 0.29) is 18.4 Å². The van der Waals surface area contributed by atoms with Gasteiger partial charge in [-0.15, -0.1) is 12.4 Å². The molecular formula is C13H13ClO2. The molecule has 0 amide bonds. The summed E-state index contributed by atoms with van der Waals surface area (Å²) in [5.74, 6) is -0.203. The minimum Gasteiger partial charge on any atom is -0.469 e. The zero-order valence-electron chi connectivity index (χ0n) is 8.97. The van der Waals surface area contributed by atoms with Crippen molar-refractivity contribution in [1.82, 2.24) is 0 Å². The smallest absolute Gasteiger partial charge is 0.309 e. The van der Waals surface area contributed by atoms with Crippen LogP contribution in [0.15, 0.2) is 42.5 Å². The van der Waals surface area contributed by atoms with E-state index in [2.05, 4.69) is 10.8 Å². The summed E-state index contributed by atoms with van der Waals surface area (Å²) in [5.41, 5.74) is 0.987. The minimum absolute atomic E-state index is 0. The zero-order chi connectivity index (χ0) is 10.7. The van der Waals surface area contributed by atoms with E-state index in [0.29, 0.717) is 6.42 Å². The first kappa shape index (κ1) is 12.5. The van der Waals surface area contributed by atoms with Crippen molar-refractivity contribution in [2.75, 3.05) is 7.11 Å². The van der Waals surface area contributed by atoms with Crippen LogP contribution in [0.2, 0.25) is 0 Å². The molecule has 0 heterocycles. The van der Waals surface area contributed by atoms with E-state index in [4.69, 9.17) is 0 Å². The summed E-state index contributed by atoms with van der Waals surface area (Å²) < 4.78 is 4.63. The molecule has 0 fully saturated rings. The molecule has 2 rings (SSSR count). The average molecular weight is 237 g/mol. The summed E-state index contributed by atoms with van der Waals surface area (Å²) in [5, 5.41) is 2.34. The molecule has 0 radical (unpaired) electrons. The molecule has 0 saturated heterocycles. The Morgan fingerprint density at radius 3 is 2.50 bits per heavy atom. The molecule has 0 N–H and O–H groups in total. The summed E-state index contributed by atoms with van der Waals surface area (Å²) in [7, 11) is 1.41. The van der Waals surface area contributed by atoms with Crippen molar-refractivity contribution < 1.29 is 9.53 Å². The van der Waals surface area contributed by atoms with Gasteiger partial charge in [-0.05, 0) is 16.3 Å². The van der Waals surface area contributed by atoms with Gasteiger partial charge in [0.05, 0.1) is 13.5 Å². The molecule has 0 spiro atoms. The lowest BCUT2D eigenvalue weighted by Gasteiger charge is -2.02. The standard InChI is InChI=1S/C13H12O2.ClH/c1-15-13(14)9-10-6-7-11-4-2-3-5-12(11)8-10;/h2-8H,9H2,1H3;1H. The van der Waals surface area contributed by atoms with Gasteiger partial charge in [0.25, 0.3) is 0 Å². The van der Waals surface area contributed by atoms with Crippen LogP contribution in [0, 0.1) is 0 Å². The van der Waals surface area contributed by atoms with E-state index in [1.165, 1.54) is 12.5 Å². The van der Waals surface area contributed by atoms with Crippen LogP contribution in [0.3, 0.4) is 0 Å². The Morgan fingerprint density at radius 2 is 1.81 bits per heavy atom. The van der Waals surface area contributed by atoms with Crippen LogP contribution < -0.4 is 0 Å². The summed E-state index contributed by atoms with van der Waals surface area (Å²) in [4.78, 5) is 11.1. The van der Waals surface area contributed by atoms with E-state index in [1.54, 1.807) is 0 Å². The van der Waals surface area contributed by atoms with E-state index < -0.39 is 0 Å². The normalized spacial score (nSPS) is 9.56. The summed E-state index contributed by atoms with van der Waals surface area (Å²) in [6.07, 6.45) is 0.335. The number of fused-ring (bicyclic) bond motifs is 1. The SMILES string of the molecule is COC(=O)Cc1ccc2ccccc2c1.Cl. The molecule has 84 valence electrons. The second-order valence-corrected chi connectivity index (χ2v) is 3.43. The lowest BCUT2D eigenvalue weighted by atomic mass is 10.1. The Kier molecular flexibility index (Phi) is 4.32. The monoisotopic (exact) mass is 236 g/mol. The highest BCUT2D eigenvalue weighted by Gasteiger charge is 2.02. The van der Waals surface area contributed by atoms with Gasteiger partial charge in [0, 0.05) is 0 Å². The van der Waals surface area contributed by atoms with Gasteiger partial charge in [0.15, 0.2) is 0 Å². The van der Waals surface area contributed by atoms with Gasteiger partial charge in [-0.1, -0.05) is 42.5 Å². The van der Waals surface area contributed by atoms with Crippen LogP contribution in [-0.4, -0.2) is 13.1 Å². The van der Waals surface area contributed by atoms with Crippen molar-refractivity contribution in [2.24, 2.45) is 0 Å². The summed E-state index contributed by atoms with van der Waals surface area (Å²) >= 11 is 0.